The Morgan fingerprint density at radius 2 is 1.67 bits per heavy atom. The van der Waals surface area contributed by atoms with Crippen molar-refractivity contribution in [3.8, 4) is 11.5 Å². The van der Waals surface area contributed by atoms with Crippen LogP contribution in [-0.2, 0) is 4.79 Å². The van der Waals surface area contributed by atoms with Crippen LogP contribution in [-0.4, -0.2) is 31.1 Å². The molecule has 0 aliphatic rings. The Hall–Kier alpha value is -3.59. The van der Waals surface area contributed by atoms with Crippen molar-refractivity contribution in [2.75, 3.05) is 18.5 Å². The molecule has 0 aliphatic heterocycles. The normalized spacial score (nSPS) is 9.85. The molecule has 0 atom stereocenters. The lowest BCUT2D eigenvalue weighted by atomic mass is 10.2. The molecule has 0 bridgehead atoms. The number of urea groups is 1. The van der Waals surface area contributed by atoms with Crippen LogP contribution in [0.4, 0.5) is 10.5 Å². The highest BCUT2D eigenvalue weighted by atomic mass is 16.5. The highest BCUT2D eigenvalue weighted by Crippen LogP contribution is 2.23. The third-order valence-electron chi connectivity index (χ3n) is 3.31. The lowest BCUT2D eigenvalue weighted by Crippen LogP contribution is -2.35. The van der Waals surface area contributed by atoms with Gasteiger partial charge in [-0.2, -0.15) is 0 Å². The zero-order valence-electron chi connectivity index (χ0n) is 14.7. The third-order valence-corrected chi connectivity index (χ3v) is 3.31. The summed E-state index contributed by atoms with van der Waals surface area (Å²) < 4.78 is 10.5. The van der Waals surface area contributed by atoms with Crippen LogP contribution in [0, 0.1) is 0 Å². The SMILES string of the molecule is CCOc1ccccc1NC(=O)NCC(=O)Oc1ccccc1C(=O)NN. The van der Waals surface area contributed by atoms with E-state index in [-0.39, 0.29) is 11.3 Å². The number of nitrogen functional groups attached to an aromatic ring is 1. The van der Waals surface area contributed by atoms with Gasteiger partial charge in [-0.1, -0.05) is 24.3 Å². The van der Waals surface area contributed by atoms with E-state index < -0.39 is 24.5 Å². The lowest BCUT2D eigenvalue weighted by Gasteiger charge is -2.12. The van der Waals surface area contributed by atoms with Crippen molar-refractivity contribution in [2.24, 2.45) is 5.84 Å². The van der Waals surface area contributed by atoms with E-state index in [1.165, 1.54) is 12.1 Å². The van der Waals surface area contributed by atoms with Gasteiger partial charge in [-0.05, 0) is 31.2 Å². The molecule has 0 saturated carbocycles. The summed E-state index contributed by atoms with van der Waals surface area (Å²) in [6, 6.07) is 12.4. The number of nitrogens with one attached hydrogen (secondary N) is 3. The highest BCUT2D eigenvalue weighted by molar-refractivity contribution is 5.97. The van der Waals surface area contributed by atoms with Crippen LogP contribution in [0.3, 0.4) is 0 Å². The average Bonchev–Trinajstić information content (AvgIpc) is 2.68. The van der Waals surface area contributed by atoms with Crippen LogP contribution in [0.2, 0.25) is 0 Å². The number of hydrogen-bond donors (Lipinski definition) is 4. The van der Waals surface area contributed by atoms with Gasteiger partial charge in [0.2, 0.25) is 0 Å². The minimum absolute atomic E-state index is 0.0364. The molecule has 0 radical (unpaired) electrons. The van der Waals surface area contributed by atoms with Crippen molar-refractivity contribution in [3.63, 3.8) is 0 Å². The molecule has 0 fully saturated rings. The molecule has 2 aromatic rings. The quantitative estimate of drug-likeness (QED) is 0.191. The van der Waals surface area contributed by atoms with Crippen LogP contribution in [0.25, 0.3) is 0 Å². The molecule has 2 rings (SSSR count). The second kappa shape index (κ2) is 9.78. The van der Waals surface area contributed by atoms with Gasteiger partial charge in [-0.15, -0.1) is 0 Å². The van der Waals surface area contributed by atoms with E-state index >= 15 is 0 Å². The molecule has 0 spiro atoms. The number of ether oxygens (including phenoxy) is 2. The monoisotopic (exact) mass is 372 g/mol. The van der Waals surface area contributed by atoms with Gasteiger partial charge in [0.1, 0.15) is 18.0 Å². The topological polar surface area (TPSA) is 132 Å². The summed E-state index contributed by atoms with van der Waals surface area (Å²) in [5.41, 5.74) is 2.53. The summed E-state index contributed by atoms with van der Waals surface area (Å²) in [5.74, 6) is 4.29. The summed E-state index contributed by atoms with van der Waals surface area (Å²) in [7, 11) is 0. The molecule has 0 aromatic heterocycles. The summed E-state index contributed by atoms with van der Waals surface area (Å²) in [6.45, 7) is 1.87. The van der Waals surface area contributed by atoms with Crippen molar-refractivity contribution in [1.29, 1.82) is 0 Å². The molecule has 27 heavy (non-hydrogen) atoms. The maximum atomic E-state index is 12.0. The summed E-state index contributed by atoms with van der Waals surface area (Å²) >= 11 is 0. The van der Waals surface area contributed by atoms with Crippen molar-refractivity contribution < 1.29 is 23.9 Å². The van der Waals surface area contributed by atoms with Gasteiger partial charge < -0.3 is 20.1 Å². The van der Waals surface area contributed by atoms with Crippen LogP contribution < -0.4 is 31.4 Å². The molecule has 0 aliphatic carbocycles. The Bertz CT molecular complexity index is 825. The number of carbonyl (C=O) groups is 3. The van der Waals surface area contributed by atoms with E-state index in [9.17, 15) is 14.4 Å². The van der Waals surface area contributed by atoms with E-state index in [4.69, 9.17) is 15.3 Å². The number of amides is 3. The first-order valence-corrected chi connectivity index (χ1v) is 8.12. The fraction of sp³-hybridized carbons (Fsp3) is 0.167. The largest absolute Gasteiger partial charge is 0.492 e. The second-order valence-electron chi connectivity index (χ2n) is 5.18. The first-order valence-electron chi connectivity index (χ1n) is 8.12. The number of rotatable bonds is 7. The molecule has 9 nitrogen and oxygen atoms in total. The molecule has 3 amide bonds. The van der Waals surface area contributed by atoms with Crippen molar-refractivity contribution in [3.05, 3.63) is 54.1 Å². The molecule has 142 valence electrons. The third kappa shape index (κ3) is 5.72. The first kappa shape index (κ1) is 19.7. The van der Waals surface area contributed by atoms with E-state index in [1.54, 1.807) is 36.4 Å². The lowest BCUT2D eigenvalue weighted by molar-refractivity contribution is -0.133. The number of esters is 1. The Morgan fingerprint density at radius 1 is 1.00 bits per heavy atom. The van der Waals surface area contributed by atoms with Gasteiger partial charge in [0.05, 0.1) is 17.9 Å². The molecule has 0 heterocycles. The second-order valence-corrected chi connectivity index (χ2v) is 5.18. The summed E-state index contributed by atoms with van der Waals surface area (Å²) in [4.78, 5) is 35.6. The molecule has 0 saturated heterocycles. The predicted octanol–water partition coefficient (Wildman–Crippen LogP) is 1.42. The maximum Gasteiger partial charge on any atom is 0.330 e. The molecular weight excluding hydrogens is 352 g/mol. The van der Waals surface area contributed by atoms with Crippen LogP contribution in [0.1, 0.15) is 17.3 Å². The van der Waals surface area contributed by atoms with Gasteiger partial charge in [0.25, 0.3) is 5.91 Å². The van der Waals surface area contributed by atoms with Gasteiger partial charge >= 0.3 is 12.0 Å². The first-order chi connectivity index (χ1) is 13.0. The van der Waals surface area contributed by atoms with Crippen LogP contribution >= 0.6 is 0 Å². The molecule has 0 unspecified atom stereocenters. The van der Waals surface area contributed by atoms with E-state index in [0.717, 1.165) is 0 Å². The number of para-hydroxylation sites is 3. The summed E-state index contributed by atoms with van der Waals surface area (Å²) in [6.07, 6.45) is 0. The number of anilines is 1. The number of benzene rings is 2. The van der Waals surface area contributed by atoms with Gasteiger partial charge in [-0.25, -0.2) is 15.4 Å². The average molecular weight is 372 g/mol. The summed E-state index contributed by atoms with van der Waals surface area (Å²) in [5, 5.41) is 4.97. The van der Waals surface area contributed by atoms with Crippen molar-refractivity contribution in [1.82, 2.24) is 10.7 Å². The Balaban J connectivity index is 1.91. The zero-order chi connectivity index (χ0) is 19.6. The van der Waals surface area contributed by atoms with Gasteiger partial charge in [-0.3, -0.25) is 10.2 Å². The molecule has 2 aromatic carbocycles. The zero-order valence-corrected chi connectivity index (χ0v) is 14.7. The van der Waals surface area contributed by atoms with E-state index in [1.807, 2.05) is 12.3 Å². The molecule has 5 N–H and O–H groups in total. The Kier molecular flexibility index (Phi) is 7.15. The van der Waals surface area contributed by atoms with Crippen molar-refractivity contribution >= 4 is 23.6 Å². The Morgan fingerprint density at radius 3 is 2.37 bits per heavy atom. The number of carbonyl (C=O) groups excluding carboxylic acids is 3. The minimum Gasteiger partial charge on any atom is -0.492 e. The van der Waals surface area contributed by atoms with Gasteiger partial charge in [0, 0.05) is 0 Å². The maximum absolute atomic E-state index is 12.0. The number of hydrogen-bond acceptors (Lipinski definition) is 6. The minimum atomic E-state index is -0.750. The number of nitrogens with two attached hydrogens (primary N) is 1. The smallest absolute Gasteiger partial charge is 0.330 e. The fourth-order valence-corrected chi connectivity index (χ4v) is 2.15. The number of hydrazine groups is 1. The van der Waals surface area contributed by atoms with Crippen LogP contribution in [0.5, 0.6) is 11.5 Å². The standard InChI is InChI=1S/C18H20N4O5/c1-2-26-15-10-6-4-8-13(15)21-18(25)20-11-16(23)27-14-9-5-3-7-12(14)17(24)22-19/h3-10H,2,11,19H2,1H3,(H,22,24)(H2,20,21,25). The van der Waals surface area contributed by atoms with E-state index in [2.05, 4.69) is 10.6 Å². The van der Waals surface area contributed by atoms with Gasteiger partial charge in [0.15, 0.2) is 0 Å². The Labute approximate surface area is 155 Å². The molecule has 9 heteroatoms. The fourth-order valence-electron chi connectivity index (χ4n) is 2.15. The highest BCUT2D eigenvalue weighted by Gasteiger charge is 2.15. The van der Waals surface area contributed by atoms with Crippen molar-refractivity contribution in [2.45, 2.75) is 6.92 Å². The van der Waals surface area contributed by atoms with E-state index in [0.29, 0.717) is 18.0 Å². The molecular formula is C18H20N4O5. The predicted molar refractivity (Wildman–Crippen MR) is 98.4 cm³/mol. The van der Waals surface area contributed by atoms with Crippen LogP contribution in [0.15, 0.2) is 48.5 Å².